The molecule has 0 radical (unpaired) electrons. The Bertz CT molecular complexity index is 715. The van der Waals surface area contributed by atoms with E-state index in [1.54, 1.807) is 19.2 Å². The zero-order valence-corrected chi connectivity index (χ0v) is 10.6. The molecule has 0 saturated heterocycles. The number of benzene rings is 3. The maximum Gasteiger partial charge on any atom is 0.118 e. The fraction of sp³-hybridized carbons (Fsp3) is 0.0588. The molecule has 94 valence electrons. The minimum Gasteiger partial charge on any atom is -0.508 e. The van der Waals surface area contributed by atoms with Crippen molar-refractivity contribution >= 4 is 10.8 Å². The van der Waals surface area contributed by atoms with Crippen molar-refractivity contribution in [2.75, 3.05) is 7.11 Å². The van der Waals surface area contributed by atoms with Gasteiger partial charge >= 0.3 is 0 Å². The molecule has 0 unspecified atom stereocenters. The second-order valence-electron chi connectivity index (χ2n) is 4.44. The Morgan fingerprint density at radius 3 is 2.37 bits per heavy atom. The molecule has 0 bridgehead atoms. The van der Waals surface area contributed by atoms with Crippen LogP contribution in [0.15, 0.2) is 60.7 Å². The third-order valence-electron chi connectivity index (χ3n) is 3.25. The summed E-state index contributed by atoms with van der Waals surface area (Å²) in [5, 5.41) is 12.0. The fourth-order valence-electron chi connectivity index (χ4n) is 2.30. The molecule has 0 atom stereocenters. The summed E-state index contributed by atoms with van der Waals surface area (Å²) in [6.07, 6.45) is 0. The van der Waals surface area contributed by atoms with Gasteiger partial charge in [0.15, 0.2) is 0 Å². The van der Waals surface area contributed by atoms with Crippen molar-refractivity contribution in [3.05, 3.63) is 60.7 Å². The molecule has 3 aromatic carbocycles. The molecule has 19 heavy (non-hydrogen) atoms. The van der Waals surface area contributed by atoms with Gasteiger partial charge in [-0.1, -0.05) is 36.4 Å². The topological polar surface area (TPSA) is 29.5 Å². The van der Waals surface area contributed by atoms with E-state index in [2.05, 4.69) is 6.07 Å². The quantitative estimate of drug-likeness (QED) is 0.737. The molecule has 0 aliphatic carbocycles. The van der Waals surface area contributed by atoms with Crippen molar-refractivity contribution in [1.29, 1.82) is 0 Å². The lowest BCUT2D eigenvalue weighted by atomic mass is 9.98. The Balaban J connectivity index is 2.22. The number of rotatable bonds is 2. The van der Waals surface area contributed by atoms with Crippen LogP contribution >= 0.6 is 0 Å². The molecule has 3 aromatic rings. The van der Waals surface area contributed by atoms with Gasteiger partial charge in [0.05, 0.1) is 7.11 Å². The number of phenols is 1. The van der Waals surface area contributed by atoms with E-state index in [-0.39, 0.29) is 5.75 Å². The van der Waals surface area contributed by atoms with E-state index in [0.29, 0.717) is 0 Å². The number of hydrogen-bond donors (Lipinski definition) is 1. The third-order valence-corrected chi connectivity index (χ3v) is 3.25. The molecule has 2 nitrogen and oxygen atoms in total. The standard InChI is InChI=1S/C17H14O2/c1-19-15-8-6-12(7-9-15)17-11-14(18)10-13-4-2-3-5-16(13)17/h2-11,18H,1H3. The van der Waals surface area contributed by atoms with E-state index < -0.39 is 0 Å². The molecule has 0 spiro atoms. The van der Waals surface area contributed by atoms with E-state index in [1.165, 1.54) is 0 Å². The van der Waals surface area contributed by atoms with Gasteiger partial charge in [-0.05, 0) is 46.2 Å². The molecule has 0 heterocycles. The predicted octanol–water partition coefficient (Wildman–Crippen LogP) is 4.22. The van der Waals surface area contributed by atoms with Gasteiger partial charge in [0, 0.05) is 0 Å². The number of phenolic OH excluding ortho intramolecular Hbond substituents is 1. The molecule has 0 saturated carbocycles. The second kappa shape index (κ2) is 4.65. The fourth-order valence-corrected chi connectivity index (χ4v) is 2.30. The minimum atomic E-state index is 0.282. The number of aromatic hydroxyl groups is 1. The molecule has 0 amide bonds. The molecule has 2 heteroatoms. The van der Waals surface area contributed by atoms with Crippen LogP contribution in [0.3, 0.4) is 0 Å². The molecular formula is C17H14O2. The number of hydrogen-bond acceptors (Lipinski definition) is 2. The number of ether oxygens (including phenoxy) is 1. The molecule has 0 aromatic heterocycles. The first-order valence-electron chi connectivity index (χ1n) is 6.14. The molecule has 1 N–H and O–H groups in total. The van der Waals surface area contributed by atoms with Gasteiger partial charge in [0.1, 0.15) is 11.5 Å². The molecule has 0 aliphatic rings. The lowest BCUT2D eigenvalue weighted by Gasteiger charge is -2.09. The number of methoxy groups -OCH3 is 1. The van der Waals surface area contributed by atoms with E-state index in [1.807, 2.05) is 42.5 Å². The van der Waals surface area contributed by atoms with E-state index in [4.69, 9.17) is 4.74 Å². The summed E-state index contributed by atoms with van der Waals surface area (Å²) in [6, 6.07) is 19.5. The first-order valence-corrected chi connectivity index (χ1v) is 6.14. The lowest BCUT2D eigenvalue weighted by Crippen LogP contribution is -1.84. The lowest BCUT2D eigenvalue weighted by molar-refractivity contribution is 0.415. The Hall–Kier alpha value is -2.48. The zero-order chi connectivity index (χ0) is 13.2. The summed E-state index contributed by atoms with van der Waals surface area (Å²) in [5.74, 6) is 1.11. The van der Waals surface area contributed by atoms with Crippen molar-refractivity contribution in [3.8, 4) is 22.6 Å². The van der Waals surface area contributed by atoms with Crippen LogP contribution in [0, 0.1) is 0 Å². The highest BCUT2D eigenvalue weighted by molar-refractivity contribution is 5.97. The summed E-state index contributed by atoms with van der Waals surface area (Å²) in [5.41, 5.74) is 2.09. The summed E-state index contributed by atoms with van der Waals surface area (Å²) in [6.45, 7) is 0. The van der Waals surface area contributed by atoms with E-state index in [9.17, 15) is 5.11 Å². The molecule has 0 fully saturated rings. The van der Waals surface area contributed by atoms with Crippen LogP contribution in [0.4, 0.5) is 0 Å². The van der Waals surface area contributed by atoms with Gasteiger partial charge < -0.3 is 9.84 Å². The van der Waals surface area contributed by atoms with E-state index >= 15 is 0 Å². The van der Waals surface area contributed by atoms with Gasteiger partial charge in [0.25, 0.3) is 0 Å². The third kappa shape index (κ3) is 2.13. The predicted molar refractivity (Wildman–Crippen MR) is 77.6 cm³/mol. The van der Waals surface area contributed by atoms with Gasteiger partial charge in [-0.25, -0.2) is 0 Å². The Kier molecular flexibility index (Phi) is 2.84. The van der Waals surface area contributed by atoms with Crippen LogP contribution in [-0.4, -0.2) is 12.2 Å². The summed E-state index contributed by atoms with van der Waals surface area (Å²) >= 11 is 0. The maximum absolute atomic E-state index is 9.85. The highest BCUT2D eigenvalue weighted by Crippen LogP contribution is 2.33. The Morgan fingerprint density at radius 1 is 0.895 bits per heavy atom. The summed E-state index contributed by atoms with van der Waals surface area (Å²) in [7, 11) is 1.65. The van der Waals surface area contributed by atoms with Crippen molar-refractivity contribution in [2.24, 2.45) is 0 Å². The van der Waals surface area contributed by atoms with Gasteiger partial charge in [0.2, 0.25) is 0 Å². The highest BCUT2D eigenvalue weighted by atomic mass is 16.5. The van der Waals surface area contributed by atoms with Gasteiger partial charge in [-0.2, -0.15) is 0 Å². The largest absolute Gasteiger partial charge is 0.508 e. The van der Waals surface area contributed by atoms with Crippen molar-refractivity contribution in [3.63, 3.8) is 0 Å². The molecule has 3 rings (SSSR count). The Labute approximate surface area is 111 Å². The average Bonchev–Trinajstić information content (AvgIpc) is 2.46. The van der Waals surface area contributed by atoms with Crippen molar-refractivity contribution in [1.82, 2.24) is 0 Å². The van der Waals surface area contributed by atoms with Crippen LogP contribution in [0.2, 0.25) is 0 Å². The summed E-state index contributed by atoms with van der Waals surface area (Å²) < 4.78 is 5.17. The first-order chi connectivity index (χ1) is 9.28. The Morgan fingerprint density at radius 2 is 1.63 bits per heavy atom. The smallest absolute Gasteiger partial charge is 0.118 e. The van der Waals surface area contributed by atoms with Gasteiger partial charge in [-0.3, -0.25) is 0 Å². The first kappa shape index (κ1) is 11.6. The van der Waals surface area contributed by atoms with Crippen LogP contribution in [-0.2, 0) is 0 Å². The number of fused-ring (bicyclic) bond motifs is 1. The SMILES string of the molecule is COc1ccc(-c2cc(O)cc3ccccc23)cc1. The summed E-state index contributed by atoms with van der Waals surface area (Å²) in [4.78, 5) is 0. The van der Waals surface area contributed by atoms with Gasteiger partial charge in [-0.15, -0.1) is 0 Å². The van der Waals surface area contributed by atoms with Crippen LogP contribution < -0.4 is 4.74 Å². The average molecular weight is 250 g/mol. The van der Waals surface area contributed by atoms with Crippen LogP contribution in [0.5, 0.6) is 11.5 Å². The van der Waals surface area contributed by atoms with Crippen LogP contribution in [0.1, 0.15) is 0 Å². The van der Waals surface area contributed by atoms with E-state index in [0.717, 1.165) is 27.6 Å². The van der Waals surface area contributed by atoms with Crippen LogP contribution in [0.25, 0.3) is 21.9 Å². The zero-order valence-electron chi connectivity index (χ0n) is 10.6. The maximum atomic E-state index is 9.85. The normalized spacial score (nSPS) is 10.6. The molecular weight excluding hydrogens is 236 g/mol. The van der Waals surface area contributed by atoms with Crippen molar-refractivity contribution < 1.29 is 9.84 Å². The minimum absolute atomic E-state index is 0.282. The second-order valence-corrected chi connectivity index (χ2v) is 4.44. The monoisotopic (exact) mass is 250 g/mol. The highest BCUT2D eigenvalue weighted by Gasteiger charge is 2.06. The van der Waals surface area contributed by atoms with Crippen molar-refractivity contribution in [2.45, 2.75) is 0 Å². The molecule has 0 aliphatic heterocycles.